The standard InChI is InChI=1S/C11H9ClO3/c1-6(13)15-10-4-7-2-3-8(12)5-9(7)11(10)14/h2-3,5,10H,4H2,1H3. The van der Waals surface area contributed by atoms with E-state index in [4.69, 9.17) is 16.3 Å². The summed E-state index contributed by atoms with van der Waals surface area (Å²) in [6.07, 6.45) is -0.221. The van der Waals surface area contributed by atoms with Gasteiger partial charge >= 0.3 is 5.97 Å². The Morgan fingerprint density at radius 2 is 2.27 bits per heavy atom. The van der Waals surface area contributed by atoms with Gasteiger partial charge in [-0.3, -0.25) is 9.59 Å². The van der Waals surface area contributed by atoms with Crippen molar-refractivity contribution in [3.05, 3.63) is 34.3 Å². The van der Waals surface area contributed by atoms with Crippen LogP contribution in [-0.2, 0) is 16.0 Å². The van der Waals surface area contributed by atoms with Gasteiger partial charge in [0.2, 0.25) is 5.78 Å². The molecule has 0 saturated carbocycles. The first-order chi connectivity index (χ1) is 7.08. The molecule has 15 heavy (non-hydrogen) atoms. The number of rotatable bonds is 1. The van der Waals surface area contributed by atoms with Gasteiger partial charge in [0.1, 0.15) is 0 Å². The fraction of sp³-hybridized carbons (Fsp3) is 0.273. The molecule has 1 aromatic carbocycles. The van der Waals surface area contributed by atoms with Crippen LogP contribution in [0.2, 0.25) is 5.02 Å². The summed E-state index contributed by atoms with van der Waals surface area (Å²) < 4.78 is 4.91. The molecule has 1 aliphatic carbocycles. The fourth-order valence-corrected chi connectivity index (χ4v) is 1.89. The third-order valence-corrected chi connectivity index (χ3v) is 2.58. The molecule has 0 spiro atoms. The van der Waals surface area contributed by atoms with Gasteiger partial charge in [0.25, 0.3) is 0 Å². The van der Waals surface area contributed by atoms with Gasteiger partial charge in [-0.1, -0.05) is 17.7 Å². The van der Waals surface area contributed by atoms with Crippen molar-refractivity contribution in [3.63, 3.8) is 0 Å². The lowest BCUT2D eigenvalue weighted by Gasteiger charge is -2.06. The highest BCUT2D eigenvalue weighted by Crippen LogP contribution is 2.26. The van der Waals surface area contributed by atoms with Crippen molar-refractivity contribution < 1.29 is 14.3 Å². The minimum Gasteiger partial charge on any atom is -0.454 e. The topological polar surface area (TPSA) is 43.4 Å². The molecule has 1 aromatic rings. The minimum atomic E-state index is -0.670. The fourth-order valence-electron chi connectivity index (χ4n) is 1.72. The summed E-state index contributed by atoms with van der Waals surface area (Å²) in [5.41, 5.74) is 1.45. The van der Waals surface area contributed by atoms with E-state index in [1.807, 2.05) is 0 Å². The Morgan fingerprint density at radius 3 is 2.93 bits per heavy atom. The first-order valence-corrected chi connectivity index (χ1v) is 4.95. The molecular formula is C11H9ClO3. The summed E-state index contributed by atoms with van der Waals surface area (Å²) in [6, 6.07) is 5.13. The highest BCUT2D eigenvalue weighted by molar-refractivity contribution is 6.31. The number of Topliss-reactive ketones (excluding diaryl/α,β-unsaturated/α-hetero) is 1. The third kappa shape index (κ3) is 1.88. The lowest BCUT2D eigenvalue weighted by atomic mass is 10.1. The largest absolute Gasteiger partial charge is 0.454 e. The van der Waals surface area contributed by atoms with E-state index in [2.05, 4.69) is 0 Å². The molecule has 3 nitrogen and oxygen atoms in total. The molecule has 0 bridgehead atoms. The van der Waals surface area contributed by atoms with E-state index in [1.54, 1.807) is 18.2 Å². The zero-order chi connectivity index (χ0) is 11.0. The smallest absolute Gasteiger partial charge is 0.303 e. The molecule has 1 unspecified atom stereocenters. The highest BCUT2D eigenvalue weighted by atomic mass is 35.5. The number of esters is 1. The monoisotopic (exact) mass is 224 g/mol. The van der Waals surface area contributed by atoms with E-state index in [1.165, 1.54) is 6.92 Å². The average Bonchev–Trinajstić information content (AvgIpc) is 2.44. The number of benzene rings is 1. The molecule has 2 rings (SSSR count). The molecule has 1 aliphatic rings. The Labute approximate surface area is 92.0 Å². The molecule has 0 radical (unpaired) electrons. The van der Waals surface area contributed by atoms with Gasteiger partial charge in [-0.2, -0.15) is 0 Å². The Balaban J connectivity index is 2.29. The first kappa shape index (κ1) is 10.2. The molecule has 4 heteroatoms. The van der Waals surface area contributed by atoms with Crippen LogP contribution in [0.25, 0.3) is 0 Å². The van der Waals surface area contributed by atoms with E-state index in [0.29, 0.717) is 17.0 Å². The van der Waals surface area contributed by atoms with Crippen LogP contribution in [-0.4, -0.2) is 17.9 Å². The lowest BCUT2D eigenvalue weighted by molar-refractivity contribution is -0.144. The summed E-state index contributed by atoms with van der Waals surface area (Å²) in [7, 11) is 0. The summed E-state index contributed by atoms with van der Waals surface area (Å²) >= 11 is 5.78. The van der Waals surface area contributed by atoms with Crippen LogP contribution in [0.3, 0.4) is 0 Å². The summed E-state index contributed by atoms with van der Waals surface area (Å²) in [5.74, 6) is -0.602. The second-order valence-corrected chi connectivity index (χ2v) is 3.90. The quantitative estimate of drug-likeness (QED) is 0.686. The number of fused-ring (bicyclic) bond motifs is 1. The lowest BCUT2D eigenvalue weighted by Crippen LogP contribution is -2.22. The Kier molecular flexibility index (Phi) is 2.49. The Morgan fingerprint density at radius 1 is 1.53 bits per heavy atom. The van der Waals surface area contributed by atoms with Crippen molar-refractivity contribution in [2.24, 2.45) is 0 Å². The van der Waals surface area contributed by atoms with Crippen LogP contribution in [0.5, 0.6) is 0 Å². The van der Waals surface area contributed by atoms with Gasteiger partial charge in [0.15, 0.2) is 6.10 Å². The van der Waals surface area contributed by atoms with Crippen LogP contribution in [0.1, 0.15) is 22.8 Å². The van der Waals surface area contributed by atoms with Crippen molar-refractivity contribution in [3.8, 4) is 0 Å². The number of hydrogen-bond donors (Lipinski definition) is 0. The SMILES string of the molecule is CC(=O)OC1Cc2ccc(Cl)cc2C1=O. The molecular weight excluding hydrogens is 216 g/mol. The van der Waals surface area contributed by atoms with Gasteiger partial charge in [-0.25, -0.2) is 0 Å². The van der Waals surface area contributed by atoms with E-state index >= 15 is 0 Å². The number of ketones is 1. The molecule has 0 amide bonds. The molecule has 78 valence electrons. The molecule has 0 heterocycles. The maximum Gasteiger partial charge on any atom is 0.303 e. The van der Waals surface area contributed by atoms with Crippen LogP contribution < -0.4 is 0 Å². The summed E-state index contributed by atoms with van der Waals surface area (Å²) in [6.45, 7) is 1.29. The highest BCUT2D eigenvalue weighted by Gasteiger charge is 2.32. The molecule has 1 atom stereocenters. The zero-order valence-corrected chi connectivity index (χ0v) is 8.88. The van der Waals surface area contributed by atoms with E-state index in [-0.39, 0.29) is 5.78 Å². The number of halogens is 1. The van der Waals surface area contributed by atoms with Crippen LogP contribution >= 0.6 is 11.6 Å². The molecule has 0 saturated heterocycles. The van der Waals surface area contributed by atoms with Gasteiger partial charge in [0, 0.05) is 23.9 Å². The maximum absolute atomic E-state index is 11.7. The van der Waals surface area contributed by atoms with E-state index in [9.17, 15) is 9.59 Å². The van der Waals surface area contributed by atoms with Crippen LogP contribution in [0, 0.1) is 0 Å². The molecule has 0 N–H and O–H groups in total. The third-order valence-electron chi connectivity index (χ3n) is 2.34. The number of hydrogen-bond acceptors (Lipinski definition) is 3. The Bertz CT molecular complexity index is 439. The minimum absolute atomic E-state index is 0.164. The van der Waals surface area contributed by atoms with Crippen molar-refractivity contribution in [1.82, 2.24) is 0 Å². The molecule has 0 aromatic heterocycles. The van der Waals surface area contributed by atoms with Crippen molar-refractivity contribution in [2.45, 2.75) is 19.4 Å². The van der Waals surface area contributed by atoms with Gasteiger partial charge in [-0.15, -0.1) is 0 Å². The zero-order valence-electron chi connectivity index (χ0n) is 8.12. The van der Waals surface area contributed by atoms with E-state index in [0.717, 1.165) is 5.56 Å². The van der Waals surface area contributed by atoms with Gasteiger partial charge < -0.3 is 4.74 Å². The molecule has 0 fully saturated rings. The summed E-state index contributed by atoms with van der Waals surface area (Å²) in [4.78, 5) is 22.5. The normalized spacial score (nSPS) is 18.8. The van der Waals surface area contributed by atoms with Gasteiger partial charge in [-0.05, 0) is 17.7 Å². The number of carbonyl (C=O) groups excluding carboxylic acids is 2. The van der Waals surface area contributed by atoms with E-state index < -0.39 is 12.1 Å². The predicted molar refractivity (Wildman–Crippen MR) is 55.0 cm³/mol. The van der Waals surface area contributed by atoms with Crippen LogP contribution in [0.4, 0.5) is 0 Å². The average molecular weight is 225 g/mol. The first-order valence-electron chi connectivity index (χ1n) is 4.58. The second kappa shape index (κ2) is 3.66. The van der Waals surface area contributed by atoms with Crippen LogP contribution in [0.15, 0.2) is 18.2 Å². The maximum atomic E-state index is 11.7. The summed E-state index contributed by atoms with van der Waals surface area (Å²) in [5, 5.41) is 0.519. The van der Waals surface area contributed by atoms with Crippen molar-refractivity contribution >= 4 is 23.4 Å². The Hall–Kier alpha value is -1.35. The second-order valence-electron chi connectivity index (χ2n) is 3.47. The van der Waals surface area contributed by atoms with Crippen molar-refractivity contribution in [1.29, 1.82) is 0 Å². The van der Waals surface area contributed by atoms with Crippen molar-refractivity contribution in [2.75, 3.05) is 0 Å². The molecule has 0 aliphatic heterocycles. The number of ether oxygens (including phenoxy) is 1. The predicted octanol–water partition coefficient (Wildman–Crippen LogP) is 2.01. The van der Waals surface area contributed by atoms with Gasteiger partial charge in [0.05, 0.1) is 0 Å². The number of carbonyl (C=O) groups is 2.